The van der Waals surface area contributed by atoms with E-state index in [0.717, 1.165) is 6.04 Å². The summed E-state index contributed by atoms with van der Waals surface area (Å²) in [5, 5.41) is 1.36. The molecule has 2 aromatic carbocycles. The van der Waals surface area contributed by atoms with Gasteiger partial charge in [-0.2, -0.15) is 0 Å². The van der Waals surface area contributed by atoms with E-state index in [2.05, 4.69) is 100 Å². The molecular weight excluding hydrogens is 360 g/mol. The first-order chi connectivity index (χ1) is 12.7. The molecule has 4 rings (SSSR count). The summed E-state index contributed by atoms with van der Waals surface area (Å²) in [7, 11) is -3.27. The Kier molecular flexibility index (Phi) is 4.26. The molecule has 0 spiro atoms. The van der Waals surface area contributed by atoms with E-state index in [1.54, 1.807) is 5.19 Å². The molecule has 0 N–H and O–H groups in total. The van der Waals surface area contributed by atoms with Crippen LogP contribution in [0.2, 0.25) is 38.8 Å². The standard InChI is InChI=1S/C24H30OSi2/c1-7-15-27(5,6)22-17-19(18-11-9-8-10-12-18)16-20-23(22)21-13-14-24(20,25-21)26(2,3)4/h7-14,16-17,21H,1,15H2,2-6H3. The minimum absolute atomic E-state index is 0.128. The zero-order valence-corrected chi connectivity index (χ0v) is 19.2. The third kappa shape index (κ3) is 2.75. The molecule has 0 saturated heterocycles. The van der Waals surface area contributed by atoms with Crippen LogP contribution in [0.4, 0.5) is 0 Å². The largest absolute Gasteiger partial charge is 0.358 e. The fourth-order valence-electron chi connectivity index (χ4n) is 4.74. The molecule has 2 aliphatic heterocycles. The van der Waals surface area contributed by atoms with Crippen LogP contribution in [0.25, 0.3) is 11.1 Å². The Bertz CT molecular complexity index is 921. The first-order valence-electron chi connectivity index (χ1n) is 9.92. The van der Waals surface area contributed by atoms with Crippen molar-refractivity contribution in [3.05, 3.63) is 78.4 Å². The van der Waals surface area contributed by atoms with Gasteiger partial charge in [0.25, 0.3) is 0 Å². The molecule has 0 aromatic heterocycles. The van der Waals surface area contributed by atoms with Crippen molar-refractivity contribution >= 4 is 21.3 Å². The monoisotopic (exact) mass is 390 g/mol. The summed E-state index contributed by atoms with van der Waals surface area (Å²) in [6, 6.07) is 16.8. The van der Waals surface area contributed by atoms with Gasteiger partial charge < -0.3 is 4.74 Å². The molecule has 27 heavy (non-hydrogen) atoms. The van der Waals surface area contributed by atoms with Gasteiger partial charge in [-0.05, 0) is 34.4 Å². The summed E-state index contributed by atoms with van der Waals surface area (Å²) < 4.78 is 6.75. The minimum atomic E-state index is -1.65. The Morgan fingerprint density at radius 3 is 2.37 bits per heavy atom. The lowest BCUT2D eigenvalue weighted by Gasteiger charge is -2.37. The highest BCUT2D eigenvalue weighted by Crippen LogP contribution is 2.55. The molecule has 0 radical (unpaired) electrons. The lowest BCUT2D eigenvalue weighted by molar-refractivity contribution is 0.0489. The lowest BCUT2D eigenvalue weighted by atomic mass is 9.92. The van der Waals surface area contributed by atoms with E-state index in [1.807, 2.05) is 0 Å². The minimum Gasteiger partial charge on any atom is -0.358 e. The Balaban J connectivity index is 2.01. The predicted molar refractivity (Wildman–Crippen MR) is 122 cm³/mol. The number of fused-ring (bicyclic) bond motifs is 5. The molecule has 0 aliphatic carbocycles. The fraction of sp³-hybridized carbons (Fsp3) is 0.333. The Labute approximate surface area is 165 Å². The van der Waals surface area contributed by atoms with Crippen LogP contribution in [0.1, 0.15) is 17.2 Å². The van der Waals surface area contributed by atoms with Gasteiger partial charge in [-0.3, -0.25) is 0 Å². The topological polar surface area (TPSA) is 9.23 Å². The smallest absolute Gasteiger partial charge is 0.102 e. The number of allylic oxidation sites excluding steroid dienone is 1. The van der Waals surface area contributed by atoms with Crippen molar-refractivity contribution in [2.75, 3.05) is 0 Å². The second kappa shape index (κ2) is 6.16. The molecule has 2 atom stereocenters. The highest BCUT2D eigenvalue weighted by atomic mass is 28.3. The van der Waals surface area contributed by atoms with Crippen LogP contribution in [0.15, 0.2) is 67.3 Å². The van der Waals surface area contributed by atoms with Gasteiger partial charge in [0, 0.05) is 0 Å². The molecule has 0 fully saturated rings. The van der Waals surface area contributed by atoms with Crippen molar-refractivity contribution < 1.29 is 4.74 Å². The maximum Gasteiger partial charge on any atom is 0.102 e. The van der Waals surface area contributed by atoms with Crippen LogP contribution in [0.5, 0.6) is 0 Å². The number of hydrogen-bond acceptors (Lipinski definition) is 1. The van der Waals surface area contributed by atoms with Crippen molar-refractivity contribution in [2.45, 2.75) is 50.1 Å². The fourth-order valence-corrected chi connectivity index (χ4v) is 9.32. The average Bonchev–Trinajstić information content (AvgIpc) is 3.20. The van der Waals surface area contributed by atoms with E-state index < -0.39 is 16.1 Å². The van der Waals surface area contributed by atoms with E-state index >= 15 is 0 Å². The second-order valence-electron chi connectivity index (χ2n) is 9.61. The summed E-state index contributed by atoms with van der Waals surface area (Å²) in [6.45, 7) is 16.3. The molecule has 3 heteroatoms. The lowest BCUT2D eigenvalue weighted by Crippen LogP contribution is -2.48. The zero-order chi connectivity index (χ0) is 19.4. The zero-order valence-electron chi connectivity index (χ0n) is 17.2. The summed E-state index contributed by atoms with van der Waals surface area (Å²) in [4.78, 5) is 0. The van der Waals surface area contributed by atoms with Crippen LogP contribution in [-0.4, -0.2) is 16.1 Å². The Morgan fingerprint density at radius 1 is 1.04 bits per heavy atom. The van der Waals surface area contributed by atoms with Crippen LogP contribution in [0, 0.1) is 0 Å². The van der Waals surface area contributed by atoms with Crippen molar-refractivity contribution in [3.63, 3.8) is 0 Å². The van der Waals surface area contributed by atoms with E-state index in [4.69, 9.17) is 4.74 Å². The van der Waals surface area contributed by atoms with Gasteiger partial charge in [0.05, 0.1) is 16.1 Å². The van der Waals surface area contributed by atoms with Gasteiger partial charge in [-0.1, -0.05) is 92.5 Å². The van der Waals surface area contributed by atoms with Crippen molar-refractivity contribution in [1.29, 1.82) is 0 Å². The number of rotatable bonds is 5. The maximum absolute atomic E-state index is 6.75. The highest BCUT2D eigenvalue weighted by Gasteiger charge is 2.56. The van der Waals surface area contributed by atoms with Gasteiger partial charge in [0.1, 0.15) is 11.3 Å². The Morgan fingerprint density at radius 2 is 1.74 bits per heavy atom. The predicted octanol–water partition coefficient (Wildman–Crippen LogP) is 6.17. The van der Waals surface area contributed by atoms with E-state index in [-0.39, 0.29) is 11.3 Å². The molecule has 0 amide bonds. The quantitative estimate of drug-likeness (QED) is 0.438. The molecule has 140 valence electrons. The van der Waals surface area contributed by atoms with E-state index in [1.165, 1.54) is 22.3 Å². The van der Waals surface area contributed by atoms with Gasteiger partial charge in [0.15, 0.2) is 0 Å². The molecule has 0 saturated carbocycles. The summed E-state index contributed by atoms with van der Waals surface area (Å²) >= 11 is 0. The SMILES string of the molecule is C=CC[Si](C)(C)c1cc(-c2ccccc2)cc2c1C1C=CC2([Si](C)(C)C)O1. The van der Waals surface area contributed by atoms with Crippen molar-refractivity contribution in [3.8, 4) is 11.1 Å². The van der Waals surface area contributed by atoms with Crippen molar-refractivity contribution in [2.24, 2.45) is 0 Å². The van der Waals surface area contributed by atoms with E-state index in [0.29, 0.717) is 0 Å². The maximum atomic E-state index is 6.75. The normalized spacial score (nSPS) is 23.5. The molecule has 1 nitrogen and oxygen atoms in total. The second-order valence-corrected chi connectivity index (χ2v) is 19.6. The molecular formula is C24H30OSi2. The van der Waals surface area contributed by atoms with Crippen LogP contribution in [0.3, 0.4) is 0 Å². The molecule has 2 aliphatic rings. The summed E-state index contributed by atoms with van der Waals surface area (Å²) in [5.74, 6) is 0. The van der Waals surface area contributed by atoms with Gasteiger partial charge in [-0.15, -0.1) is 6.58 Å². The molecule has 2 unspecified atom stereocenters. The van der Waals surface area contributed by atoms with Gasteiger partial charge in [-0.25, -0.2) is 0 Å². The first-order valence-corrected chi connectivity index (χ1v) is 16.6. The summed E-state index contributed by atoms with van der Waals surface area (Å²) in [5.41, 5.74) is 5.53. The Hall–Kier alpha value is -1.69. The van der Waals surface area contributed by atoms with Crippen LogP contribution >= 0.6 is 0 Å². The molecule has 2 bridgehead atoms. The average molecular weight is 391 g/mol. The number of benzene rings is 2. The number of ether oxygens (including phenoxy) is 1. The summed E-state index contributed by atoms with van der Waals surface area (Å²) in [6.07, 6.45) is 6.91. The molecule has 2 aromatic rings. The van der Waals surface area contributed by atoms with Gasteiger partial charge >= 0.3 is 0 Å². The van der Waals surface area contributed by atoms with Crippen molar-refractivity contribution in [1.82, 2.24) is 0 Å². The van der Waals surface area contributed by atoms with E-state index in [9.17, 15) is 0 Å². The van der Waals surface area contributed by atoms with Gasteiger partial charge in [0.2, 0.25) is 0 Å². The third-order valence-electron chi connectivity index (χ3n) is 6.29. The first kappa shape index (κ1) is 18.7. The molecule has 2 heterocycles. The third-order valence-corrected chi connectivity index (χ3v) is 12.3. The highest BCUT2D eigenvalue weighted by molar-refractivity contribution is 6.90. The number of hydrogen-bond donors (Lipinski definition) is 0. The van der Waals surface area contributed by atoms with Crippen LogP contribution < -0.4 is 5.19 Å². The van der Waals surface area contributed by atoms with Crippen LogP contribution in [-0.2, 0) is 9.96 Å².